The van der Waals surface area contributed by atoms with Crippen LogP contribution in [0.4, 0.5) is 10.5 Å². The number of urea groups is 1. The van der Waals surface area contributed by atoms with Crippen LogP contribution in [0.1, 0.15) is 25.8 Å². The fourth-order valence-electron chi connectivity index (χ4n) is 2.57. The molecular weight excluding hydrogens is 380 g/mol. The van der Waals surface area contributed by atoms with Crippen molar-refractivity contribution in [3.8, 4) is 11.5 Å². The Balaban J connectivity index is 2.13. The molecule has 0 saturated heterocycles. The van der Waals surface area contributed by atoms with Gasteiger partial charge in [0.05, 0.1) is 13.4 Å². The van der Waals surface area contributed by atoms with Crippen LogP contribution in [0.15, 0.2) is 48.5 Å². The Morgan fingerprint density at radius 3 is 2.39 bits per heavy atom. The van der Waals surface area contributed by atoms with Crippen LogP contribution in [-0.4, -0.2) is 38.8 Å². The normalized spacial score (nSPS) is 12.1. The lowest BCUT2D eigenvalue weighted by molar-refractivity contribution is 0.187. The highest BCUT2D eigenvalue weighted by Gasteiger charge is 2.20. The summed E-state index contributed by atoms with van der Waals surface area (Å²) in [5, 5.41) is 2.90. The van der Waals surface area contributed by atoms with Gasteiger partial charge in [0.15, 0.2) is 0 Å². The molecule has 0 heterocycles. The minimum Gasteiger partial charge on any atom is -0.497 e. The number of hydrogen-bond acceptors (Lipinski definition) is 5. The average Bonchev–Trinajstić information content (AvgIpc) is 2.65. The van der Waals surface area contributed by atoms with E-state index in [2.05, 4.69) is 5.32 Å². The summed E-state index contributed by atoms with van der Waals surface area (Å²) in [4.78, 5) is 14.6. The Morgan fingerprint density at radius 2 is 1.82 bits per heavy atom. The van der Waals surface area contributed by atoms with E-state index < -0.39 is 10.1 Å². The molecule has 0 radical (unpaired) electrons. The fourth-order valence-corrected chi connectivity index (χ4v) is 3.03. The maximum absolute atomic E-state index is 12.8. The number of amides is 2. The summed E-state index contributed by atoms with van der Waals surface area (Å²) in [6.07, 6.45) is 1.79. The van der Waals surface area contributed by atoms with Crippen LogP contribution < -0.4 is 14.2 Å². The molecular formula is C20H26N2O5S. The number of hydrogen-bond donors (Lipinski definition) is 1. The Bertz CT molecular complexity index is 897. The zero-order valence-electron chi connectivity index (χ0n) is 16.5. The van der Waals surface area contributed by atoms with E-state index in [-0.39, 0.29) is 17.8 Å². The van der Waals surface area contributed by atoms with Crippen LogP contribution in [0, 0.1) is 0 Å². The van der Waals surface area contributed by atoms with Gasteiger partial charge in [-0.25, -0.2) is 4.79 Å². The van der Waals surface area contributed by atoms with E-state index in [1.165, 1.54) is 0 Å². The number of anilines is 1. The largest absolute Gasteiger partial charge is 0.497 e. The molecule has 0 aliphatic rings. The summed E-state index contributed by atoms with van der Waals surface area (Å²) >= 11 is 0. The number of benzene rings is 2. The van der Waals surface area contributed by atoms with Gasteiger partial charge in [-0.15, -0.1) is 0 Å². The molecule has 0 aromatic heterocycles. The van der Waals surface area contributed by atoms with E-state index in [9.17, 15) is 13.2 Å². The van der Waals surface area contributed by atoms with E-state index in [1.807, 2.05) is 26.0 Å². The first kappa shape index (κ1) is 21.6. The van der Waals surface area contributed by atoms with Crippen molar-refractivity contribution in [2.75, 3.05) is 18.7 Å². The lowest BCUT2D eigenvalue weighted by atomic mass is 10.1. The summed E-state index contributed by atoms with van der Waals surface area (Å²) < 4.78 is 32.4. The molecule has 2 rings (SSSR count). The van der Waals surface area contributed by atoms with Crippen molar-refractivity contribution in [1.29, 1.82) is 0 Å². The quantitative estimate of drug-likeness (QED) is 0.673. The summed E-state index contributed by atoms with van der Waals surface area (Å²) in [6.45, 7) is 4.37. The third kappa shape index (κ3) is 6.45. The Morgan fingerprint density at radius 1 is 1.14 bits per heavy atom. The molecule has 7 nitrogen and oxygen atoms in total. The van der Waals surface area contributed by atoms with Crippen molar-refractivity contribution in [2.45, 2.75) is 32.9 Å². The maximum atomic E-state index is 12.8. The Labute approximate surface area is 166 Å². The number of nitrogens with one attached hydrogen (secondary N) is 1. The number of carbonyl (C=O) groups is 1. The summed E-state index contributed by atoms with van der Waals surface area (Å²) in [6, 6.07) is 13.6. The molecule has 1 N–H and O–H groups in total. The van der Waals surface area contributed by atoms with Gasteiger partial charge >= 0.3 is 16.1 Å². The molecule has 2 aromatic rings. The van der Waals surface area contributed by atoms with Gasteiger partial charge < -0.3 is 19.1 Å². The van der Waals surface area contributed by atoms with Crippen molar-refractivity contribution in [3.63, 3.8) is 0 Å². The van der Waals surface area contributed by atoms with E-state index in [1.54, 1.807) is 48.4 Å². The zero-order valence-corrected chi connectivity index (χ0v) is 17.3. The van der Waals surface area contributed by atoms with Crippen molar-refractivity contribution >= 4 is 21.8 Å². The number of rotatable bonds is 8. The summed E-state index contributed by atoms with van der Waals surface area (Å²) in [5.74, 6) is 0.900. The number of nitrogens with zero attached hydrogens (tertiary/aromatic N) is 1. The molecule has 0 spiro atoms. The molecule has 0 saturated carbocycles. The second kappa shape index (κ2) is 9.45. The molecule has 0 fully saturated rings. The minimum atomic E-state index is -3.57. The predicted molar refractivity (Wildman–Crippen MR) is 109 cm³/mol. The van der Waals surface area contributed by atoms with Crippen LogP contribution in [0.5, 0.6) is 11.5 Å². The summed E-state index contributed by atoms with van der Waals surface area (Å²) in [5.41, 5.74) is 1.51. The monoisotopic (exact) mass is 406 g/mol. The molecule has 2 aromatic carbocycles. The SMILES string of the molecule is CC[C@@H](C)N(Cc1ccc(OS(C)(=O)=O)cc1)C(=O)Nc1cccc(OC)c1. The van der Waals surface area contributed by atoms with Gasteiger partial charge in [-0.2, -0.15) is 8.42 Å². The highest BCUT2D eigenvalue weighted by Crippen LogP contribution is 2.20. The van der Waals surface area contributed by atoms with Crippen molar-refractivity contribution in [2.24, 2.45) is 0 Å². The molecule has 152 valence electrons. The average molecular weight is 407 g/mol. The van der Waals surface area contributed by atoms with Gasteiger partial charge in [-0.3, -0.25) is 0 Å². The standard InChI is InChI=1S/C20H26N2O5S/c1-5-15(2)22(20(23)21-17-7-6-8-19(13-17)26-3)14-16-9-11-18(12-10-16)27-28(4,24)25/h6-13,15H,5,14H2,1-4H3,(H,21,23)/t15-/m1/s1. The molecule has 28 heavy (non-hydrogen) atoms. The number of carbonyl (C=O) groups excluding carboxylic acids is 1. The van der Waals surface area contributed by atoms with E-state index in [0.29, 0.717) is 18.0 Å². The van der Waals surface area contributed by atoms with Crippen LogP contribution in [0.25, 0.3) is 0 Å². The summed E-state index contributed by atoms with van der Waals surface area (Å²) in [7, 11) is -2.00. The third-order valence-electron chi connectivity index (χ3n) is 4.23. The highest BCUT2D eigenvalue weighted by atomic mass is 32.2. The van der Waals surface area contributed by atoms with Gasteiger partial charge in [-0.05, 0) is 43.2 Å². The minimum absolute atomic E-state index is 0.0116. The highest BCUT2D eigenvalue weighted by molar-refractivity contribution is 7.86. The topological polar surface area (TPSA) is 84.9 Å². The molecule has 2 amide bonds. The zero-order chi connectivity index (χ0) is 20.7. The molecule has 0 unspecified atom stereocenters. The van der Waals surface area contributed by atoms with Crippen molar-refractivity contribution in [1.82, 2.24) is 4.90 Å². The third-order valence-corrected chi connectivity index (χ3v) is 4.72. The maximum Gasteiger partial charge on any atom is 0.322 e. The van der Waals surface area contributed by atoms with Gasteiger partial charge in [-0.1, -0.05) is 25.1 Å². The molecule has 8 heteroatoms. The number of ether oxygens (including phenoxy) is 1. The Kier molecular flexibility index (Phi) is 7.28. The van der Waals surface area contributed by atoms with E-state index in [0.717, 1.165) is 18.2 Å². The Hall–Kier alpha value is -2.74. The molecule has 0 aliphatic heterocycles. The van der Waals surface area contributed by atoms with Crippen LogP contribution in [0.2, 0.25) is 0 Å². The van der Waals surface area contributed by atoms with Crippen molar-refractivity contribution < 1.29 is 22.1 Å². The van der Waals surface area contributed by atoms with E-state index in [4.69, 9.17) is 8.92 Å². The second-order valence-corrected chi connectivity index (χ2v) is 8.05. The van der Waals surface area contributed by atoms with Crippen LogP contribution in [-0.2, 0) is 16.7 Å². The van der Waals surface area contributed by atoms with E-state index >= 15 is 0 Å². The van der Waals surface area contributed by atoms with Gasteiger partial charge in [0.1, 0.15) is 11.5 Å². The van der Waals surface area contributed by atoms with Gasteiger partial charge in [0.2, 0.25) is 0 Å². The van der Waals surface area contributed by atoms with Crippen molar-refractivity contribution in [3.05, 3.63) is 54.1 Å². The van der Waals surface area contributed by atoms with Crippen LogP contribution in [0.3, 0.4) is 0 Å². The lowest BCUT2D eigenvalue weighted by Crippen LogP contribution is -2.40. The first-order valence-electron chi connectivity index (χ1n) is 8.92. The fraction of sp³-hybridized carbons (Fsp3) is 0.350. The first-order valence-corrected chi connectivity index (χ1v) is 10.7. The molecule has 0 aliphatic carbocycles. The molecule has 0 bridgehead atoms. The smallest absolute Gasteiger partial charge is 0.322 e. The lowest BCUT2D eigenvalue weighted by Gasteiger charge is -2.29. The first-order chi connectivity index (χ1) is 13.2. The van der Waals surface area contributed by atoms with Gasteiger partial charge in [0.25, 0.3) is 0 Å². The predicted octanol–water partition coefficient (Wildman–Crippen LogP) is 3.87. The van der Waals surface area contributed by atoms with Crippen LogP contribution >= 0.6 is 0 Å². The van der Waals surface area contributed by atoms with Gasteiger partial charge in [0, 0.05) is 24.3 Å². The second-order valence-electron chi connectivity index (χ2n) is 6.48. The molecule has 1 atom stereocenters. The number of methoxy groups -OCH3 is 1.